The summed E-state index contributed by atoms with van der Waals surface area (Å²) < 4.78 is 0. The lowest BCUT2D eigenvalue weighted by molar-refractivity contribution is -0.384. The molecule has 5 heteroatoms. The van der Waals surface area contributed by atoms with Crippen LogP contribution in [0.3, 0.4) is 0 Å². The lowest BCUT2D eigenvalue weighted by Gasteiger charge is -2.03. The number of aliphatic imine (C=N–C) groups is 1. The first-order valence-corrected chi connectivity index (χ1v) is 7.31. The second-order valence-corrected chi connectivity index (χ2v) is 5.13. The van der Waals surface area contributed by atoms with Gasteiger partial charge in [0.05, 0.1) is 10.6 Å². The van der Waals surface area contributed by atoms with E-state index in [4.69, 9.17) is 0 Å². The van der Waals surface area contributed by atoms with Crippen LogP contribution in [-0.4, -0.2) is 16.2 Å². The standard InChI is InChI=1S/C19H14N2O3/c22-19-12-7-14(17-5-1-2-6-18(17)19)4-3-13-20-15-8-10-16(11-9-15)21(23)24/h1-13,22H. The number of aromatic hydroxyl groups is 1. The molecule has 0 unspecified atom stereocenters. The highest BCUT2D eigenvalue weighted by Gasteiger charge is 2.03. The lowest BCUT2D eigenvalue weighted by atomic mass is 10.0. The van der Waals surface area contributed by atoms with E-state index in [1.807, 2.05) is 36.4 Å². The largest absolute Gasteiger partial charge is 0.507 e. The van der Waals surface area contributed by atoms with E-state index < -0.39 is 4.92 Å². The topological polar surface area (TPSA) is 75.7 Å². The van der Waals surface area contributed by atoms with Crippen LogP contribution >= 0.6 is 0 Å². The number of hydrogen-bond donors (Lipinski definition) is 1. The summed E-state index contributed by atoms with van der Waals surface area (Å²) in [7, 11) is 0. The van der Waals surface area contributed by atoms with Crippen LogP contribution in [0.4, 0.5) is 11.4 Å². The number of fused-ring (bicyclic) bond motifs is 1. The van der Waals surface area contributed by atoms with Gasteiger partial charge in [0.2, 0.25) is 0 Å². The normalized spacial score (nSPS) is 11.5. The summed E-state index contributed by atoms with van der Waals surface area (Å²) in [5, 5.41) is 22.2. The Morgan fingerprint density at radius 3 is 2.38 bits per heavy atom. The Morgan fingerprint density at radius 2 is 1.67 bits per heavy atom. The van der Waals surface area contributed by atoms with Crippen molar-refractivity contribution in [3.63, 3.8) is 0 Å². The van der Waals surface area contributed by atoms with Crippen molar-refractivity contribution in [2.24, 2.45) is 4.99 Å². The molecule has 0 aliphatic heterocycles. The molecule has 3 rings (SSSR count). The van der Waals surface area contributed by atoms with Gasteiger partial charge in [0.1, 0.15) is 5.75 Å². The van der Waals surface area contributed by atoms with Gasteiger partial charge in [0.25, 0.3) is 5.69 Å². The molecule has 3 aromatic rings. The van der Waals surface area contributed by atoms with Crippen LogP contribution in [0.1, 0.15) is 5.56 Å². The Hall–Kier alpha value is -3.47. The number of phenolic OH excluding ortho intramolecular Hbond substituents is 1. The number of nitrogens with zero attached hydrogens (tertiary/aromatic N) is 2. The van der Waals surface area contributed by atoms with Gasteiger partial charge in [-0.2, -0.15) is 0 Å². The quantitative estimate of drug-likeness (QED) is 0.423. The first-order valence-electron chi connectivity index (χ1n) is 7.31. The van der Waals surface area contributed by atoms with Crippen molar-refractivity contribution in [2.75, 3.05) is 0 Å². The molecule has 0 saturated carbocycles. The third kappa shape index (κ3) is 3.30. The molecule has 24 heavy (non-hydrogen) atoms. The molecule has 0 spiro atoms. The van der Waals surface area contributed by atoms with E-state index in [0.29, 0.717) is 5.69 Å². The van der Waals surface area contributed by atoms with Crippen molar-refractivity contribution in [2.45, 2.75) is 0 Å². The Balaban J connectivity index is 1.79. The SMILES string of the molecule is O=[N+]([O-])c1ccc(N=CC=Cc2ccc(O)c3ccccc23)cc1. The maximum absolute atomic E-state index is 10.6. The van der Waals surface area contributed by atoms with Crippen LogP contribution in [0.15, 0.2) is 71.7 Å². The van der Waals surface area contributed by atoms with Crippen molar-refractivity contribution in [1.82, 2.24) is 0 Å². The van der Waals surface area contributed by atoms with Crippen molar-refractivity contribution in [1.29, 1.82) is 0 Å². The van der Waals surface area contributed by atoms with E-state index >= 15 is 0 Å². The minimum atomic E-state index is -0.441. The number of nitro groups is 1. The van der Waals surface area contributed by atoms with E-state index in [1.165, 1.54) is 12.1 Å². The highest BCUT2D eigenvalue weighted by molar-refractivity contribution is 5.96. The summed E-state index contributed by atoms with van der Waals surface area (Å²) in [6.45, 7) is 0. The zero-order valence-electron chi connectivity index (χ0n) is 12.7. The smallest absolute Gasteiger partial charge is 0.269 e. The van der Waals surface area contributed by atoms with Crippen LogP contribution in [-0.2, 0) is 0 Å². The van der Waals surface area contributed by atoms with Gasteiger partial charge in [-0.3, -0.25) is 15.1 Å². The first-order chi connectivity index (χ1) is 11.6. The maximum Gasteiger partial charge on any atom is 0.269 e. The lowest BCUT2D eigenvalue weighted by Crippen LogP contribution is -1.85. The number of hydrogen-bond acceptors (Lipinski definition) is 4. The third-order valence-corrected chi connectivity index (χ3v) is 3.58. The van der Waals surface area contributed by atoms with E-state index in [2.05, 4.69) is 4.99 Å². The van der Waals surface area contributed by atoms with E-state index in [0.717, 1.165) is 16.3 Å². The van der Waals surface area contributed by atoms with Gasteiger partial charge in [0.15, 0.2) is 0 Å². The number of allylic oxidation sites excluding steroid dienone is 1. The summed E-state index contributed by atoms with van der Waals surface area (Å²) in [6, 6.07) is 17.2. The predicted octanol–water partition coefficient (Wildman–Crippen LogP) is 4.87. The van der Waals surface area contributed by atoms with Gasteiger partial charge in [0, 0.05) is 23.7 Å². The van der Waals surface area contributed by atoms with Crippen molar-refractivity contribution in [3.8, 4) is 5.75 Å². The molecule has 0 fully saturated rings. The average molecular weight is 318 g/mol. The second-order valence-electron chi connectivity index (χ2n) is 5.13. The van der Waals surface area contributed by atoms with E-state index in [-0.39, 0.29) is 11.4 Å². The molecule has 0 aliphatic rings. The van der Waals surface area contributed by atoms with Crippen LogP contribution < -0.4 is 0 Å². The summed E-state index contributed by atoms with van der Waals surface area (Å²) in [6.07, 6.45) is 5.32. The molecule has 5 nitrogen and oxygen atoms in total. The van der Waals surface area contributed by atoms with Gasteiger partial charge in [-0.05, 0) is 35.2 Å². The minimum absolute atomic E-state index is 0.0417. The van der Waals surface area contributed by atoms with E-state index in [9.17, 15) is 15.2 Å². The molecular weight excluding hydrogens is 304 g/mol. The number of rotatable bonds is 4. The summed E-state index contributed by atoms with van der Waals surface area (Å²) in [5.74, 6) is 0.252. The van der Waals surface area contributed by atoms with E-state index in [1.54, 1.807) is 30.5 Å². The zero-order valence-corrected chi connectivity index (χ0v) is 12.7. The van der Waals surface area contributed by atoms with Gasteiger partial charge in [-0.1, -0.05) is 36.4 Å². The Bertz CT molecular complexity index is 944. The average Bonchev–Trinajstić information content (AvgIpc) is 2.61. The Morgan fingerprint density at radius 1 is 0.958 bits per heavy atom. The third-order valence-electron chi connectivity index (χ3n) is 3.58. The number of non-ortho nitro benzene ring substituents is 1. The number of benzene rings is 3. The molecule has 0 atom stereocenters. The molecular formula is C19H14N2O3. The fraction of sp³-hybridized carbons (Fsp3) is 0. The zero-order chi connectivity index (χ0) is 16.9. The molecule has 0 amide bonds. The molecule has 0 aliphatic carbocycles. The Labute approximate surface area is 138 Å². The van der Waals surface area contributed by atoms with Gasteiger partial charge in [-0.25, -0.2) is 0 Å². The van der Waals surface area contributed by atoms with Gasteiger partial charge >= 0.3 is 0 Å². The highest BCUT2D eigenvalue weighted by Crippen LogP contribution is 2.28. The van der Waals surface area contributed by atoms with Gasteiger partial charge < -0.3 is 5.11 Å². The summed E-state index contributed by atoms with van der Waals surface area (Å²) in [4.78, 5) is 14.4. The van der Waals surface area contributed by atoms with Crippen LogP contribution in [0.2, 0.25) is 0 Å². The van der Waals surface area contributed by atoms with Crippen LogP contribution in [0.25, 0.3) is 16.8 Å². The van der Waals surface area contributed by atoms with Crippen molar-refractivity contribution >= 4 is 34.4 Å². The van der Waals surface area contributed by atoms with Crippen LogP contribution in [0, 0.1) is 10.1 Å². The molecule has 0 aromatic heterocycles. The fourth-order valence-electron chi connectivity index (χ4n) is 2.39. The Kier molecular flexibility index (Phi) is 4.34. The predicted molar refractivity (Wildman–Crippen MR) is 95.9 cm³/mol. The monoisotopic (exact) mass is 318 g/mol. The molecule has 1 N–H and O–H groups in total. The molecule has 0 saturated heterocycles. The van der Waals surface area contributed by atoms with Crippen molar-refractivity contribution in [3.05, 3.63) is 82.4 Å². The second kappa shape index (κ2) is 6.75. The van der Waals surface area contributed by atoms with Gasteiger partial charge in [-0.15, -0.1) is 0 Å². The highest BCUT2D eigenvalue weighted by atomic mass is 16.6. The molecule has 3 aromatic carbocycles. The molecule has 0 heterocycles. The molecule has 0 radical (unpaired) electrons. The molecule has 0 bridgehead atoms. The minimum Gasteiger partial charge on any atom is -0.507 e. The molecule has 118 valence electrons. The fourth-order valence-corrected chi connectivity index (χ4v) is 2.39. The number of phenols is 1. The number of nitro benzene ring substituents is 1. The summed E-state index contributed by atoms with van der Waals surface area (Å²) in [5.41, 5.74) is 1.65. The maximum atomic E-state index is 10.6. The summed E-state index contributed by atoms with van der Waals surface area (Å²) >= 11 is 0. The van der Waals surface area contributed by atoms with Crippen molar-refractivity contribution < 1.29 is 10.0 Å². The van der Waals surface area contributed by atoms with Crippen LogP contribution in [0.5, 0.6) is 5.75 Å². The first kappa shape index (κ1) is 15.4.